The summed E-state index contributed by atoms with van der Waals surface area (Å²) < 4.78 is 0. The lowest BCUT2D eigenvalue weighted by Crippen LogP contribution is -2.30. The second-order valence-electron chi connectivity index (χ2n) is 15.2. The van der Waals surface area contributed by atoms with Crippen LogP contribution in [0.1, 0.15) is 47.2 Å². The SMILES string of the molecule is CC1(C)c2ccccc2N(c2ccc(-c3cccc4c3C3(c5ccccc5-c5ccccc53)c3ccccc3-4)cc2)c2ccc(-c3ccccc3)cc21. The standard InChI is InChI=1S/C52H37N/c1-51(2)46-25-12-13-26-48(46)53(49-32-29-36(33-47(49)51)34-15-4-3-5-16-34)37-30-27-35(28-31-37)38-20-14-21-42-41-19-8-11-24-45(41)52(50(38)42)43-22-9-6-17-39(43)40-18-7-10-23-44(40)52/h3-33H,1-2H3. The van der Waals surface area contributed by atoms with Crippen LogP contribution in [0.15, 0.2) is 188 Å². The molecule has 0 atom stereocenters. The van der Waals surface area contributed by atoms with Crippen molar-refractivity contribution in [2.24, 2.45) is 0 Å². The molecule has 1 nitrogen and oxygen atoms in total. The molecular formula is C52H37N. The maximum absolute atomic E-state index is 2.46. The lowest BCUT2D eigenvalue weighted by atomic mass is 9.68. The molecule has 0 N–H and O–H groups in total. The van der Waals surface area contributed by atoms with Crippen LogP contribution >= 0.6 is 0 Å². The van der Waals surface area contributed by atoms with Gasteiger partial charge in [-0.25, -0.2) is 0 Å². The molecule has 0 aromatic heterocycles. The molecule has 0 radical (unpaired) electrons. The summed E-state index contributed by atoms with van der Waals surface area (Å²) in [4.78, 5) is 2.46. The van der Waals surface area contributed by atoms with Crippen molar-refractivity contribution in [2.45, 2.75) is 24.7 Å². The Balaban J connectivity index is 1.09. The third-order valence-corrected chi connectivity index (χ3v) is 12.3. The van der Waals surface area contributed by atoms with Gasteiger partial charge in [-0.3, -0.25) is 0 Å². The van der Waals surface area contributed by atoms with Crippen LogP contribution in [-0.4, -0.2) is 0 Å². The lowest BCUT2D eigenvalue weighted by Gasteiger charge is -2.42. The van der Waals surface area contributed by atoms with Gasteiger partial charge < -0.3 is 4.90 Å². The van der Waals surface area contributed by atoms with Crippen LogP contribution in [0, 0.1) is 0 Å². The molecule has 0 unspecified atom stereocenters. The van der Waals surface area contributed by atoms with E-state index in [9.17, 15) is 0 Å². The average molecular weight is 676 g/mol. The zero-order valence-corrected chi connectivity index (χ0v) is 29.8. The Morgan fingerprint density at radius 3 is 1.49 bits per heavy atom. The fourth-order valence-electron chi connectivity index (χ4n) is 9.98. The van der Waals surface area contributed by atoms with E-state index in [1.54, 1.807) is 0 Å². The Hall–Kier alpha value is -6.44. The van der Waals surface area contributed by atoms with Crippen LogP contribution in [0.3, 0.4) is 0 Å². The lowest BCUT2D eigenvalue weighted by molar-refractivity contribution is 0.632. The Morgan fingerprint density at radius 2 is 0.830 bits per heavy atom. The maximum Gasteiger partial charge on any atom is 0.0731 e. The highest BCUT2D eigenvalue weighted by Gasteiger charge is 2.52. The summed E-state index contributed by atoms with van der Waals surface area (Å²) in [5.41, 5.74) is 21.5. The molecule has 0 saturated carbocycles. The fourth-order valence-corrected chi connectivity index (χ4v) is 9.98. The number of hydrogen-bond acceptors (Lipinski definition) is 1. The van der Waals surface area contributed by atoms with Gasteiger partial charge in [0.15, 0.2) is 0 Å². The molecule has 1 heterocycles. The molecule has 1 spiro atoms. The van der Waals surface area contributed by atoms with E-state index in [-0.39, 0.29) is 10.8 Å². The number of anilines is 3. The van der Waals surface area contributed by atoms with Gasteiger partial charge in [0.25, 0.3) is 0 Å². The van der Waals surface area contributed by atoms with Gasteiger partial charge in [-0.05, 0) is 108 Å². The average Bonchev–Trinajstić information content (AvgIpc) is 3.69. The van der Waals surface area contributed by atoms with Crippen molar-refractivity contribution in [2.75, 3.05) is 4.90 Å². The van der Waals surface area contributed by atoms with Crippen LogP contribution in [-0.2, 0) is 10.8 Å². The molecule has 1 heteroatoms. The van der Waals surface area contributed by atoms with Gasteiger partial charge in [-0.2, -0.15) is 0 Å². The predicted molar refractivity (Wildman–Crippen MR) is 220 cm³/mol. The number of fused-ring (bicyclic) bond motifs is 12. The van der Waals surface area contributed by atoms with E-state index in [4.69, 9.17) is 0 Å². The molecular weight excluding hydrogens is 639 g/mol. The summed E-state index contributed by atoms with van der Waals surface area (Å²) in [7, 11) is 0. The predicted octanol–water partition coefficient (Wildman–Crippen LogP) is 13.5. The van der Waals surface area contributed by atoms with E-state index in [0.29, 0.717) is 0 Å². The van der Waals surface area contributed by atoms with E-state index in [0.717, 1.165) is 5.69 Å². The normalized spacial score (nSPS) is 14.9. The van der Waals surface area contributed by atoms with Crippen LogP contribution in [0.4, 0.5) is 17.1 Å². The highest BCUT2D eigenvalue weighted by atomic mass is 15.2. The highest BCUT2D eigenvalue weighted by Crippen LogP contribution is 2.64. The summed E-state index contributed by atoms with van der Waals surface area (Å²) in [6.45, 7) is 4.73. The van der Waals surface area contributed by atoms with E-state index < -0.39 is 0 Å². The number of nitrogens with zero attached hydrogens (tertiary/aromatic N) is 1. The summed E-state index contributed by atoms with van der Waals surface area (Å²) in [5, 5.41) is 0. The van der Waals surface area contributed by atoms with E-state index in [1.807, 2.05) is 0 Å². The Kier molecular flexibility index (Phi) is 6.29. The molecule has 0 fully saturated rings. The number of rotatable bonds is 3. The highest BCUT2D eigenvalue weighted by molar-refractivity contribution is 5.99. The Morgan fingerprint density at radius 1 is 0.340 bits per heavy atom. The van der Waals surface area contributed by atoms with Crippen LogP contribution in [0.5, 0.6) is 0 Å². The Bertz CT molecular complexity index is 2690. The van der Waals surface area contributed by atoms with Crippen molar-refractivity contribution < 1.29 is 0 Å². The fraction of sp³-hybridized carbons (Fsp3) is 0.0769. The van der Waals surface area contributed by atoms with Crippen LogP contribution in [0.25, 0.3) is 44.5 Å². The smallest absolute Gasteiger partial charge is 0.0731 e. The topological polar surface area (TPSA) is 3.24 Å². The molecule has 250 valence electrons. The second kappa shape index (κ2) is 11.0. The van der Waals surface area contributed by atoms with Crippen molar-refractivity contribution in [3.8, 4) is 44.5 Å². The molecule has 1 aliphatic heterocycles. The first kappa shape index (κ1) is 30.2. The monoisotopic (exact) mass is 675 g/mol. The largest absolute Gasteiger partial charge is 0.310 e. The first-order valence-electron chi connectivity index (χ1n) is 18.7. The van der Waals surface area contributed by atoms with Crippen molar-refractivity contribution in [1.82, 2.24) is 0 Å². The molecule has 8 aromatic carbocycles. The van der Waals surface area contributed by atoms with E-state index in [1.165, 1.54) is 89.3 Å². The molecule has 0 amide bonds. The summed E-state index contributed by atoms with van der Waals surface area (Å²) in [6, 6.07) is 70.1. The Labute approximate surface area is 311 Å². The van der Waals surface area contributed by atoms with Crippen LogP contribution < -0.4 is 4.90 Å². The first-order chi connectivity index (χ1) is 26.1. The zero-order valence-electron chi connectivity index (χ0n) is 29.8. The number of hydrogen-bond donors (Lipinski definition) is 0. The van der Waals surface area contributed by atoms with Gasteiger partial charge in [0, 0.05) is 11.1 Å². The van der Waals surface area contributed by atoms with Crippen molar-refractivity contribution in [1.29, 1.82) is 0 Å². The molecule has 2 aliphatic carbocycles. The number of benzene rings is 8. The first-order valence-corrected chi connectivity index (χ1v) is 18.7. The van der Waals surface area contributed by atoms with Gasteiger partial charge in [0.2, 0.25) is 0 Å². The quantitative estimate of drug-likeness (QED) is 0.180. The molecule has 11 rings (SSSR count). The minimum atomic E-state index is -0.388. The van der Waals surface area contributed by atoms with Gasteiger partial charge in [0.05, 0.1) is 16.8 Å². The molecule has 53 heavy (non-hydrogen) atoms. The molecule has 0 saturated heterocycles. The second-order valence-corrected chi connectivity index (χ2v) is 15.2. The molecule has 8 aromatic rings. The molecule has 3 aliphatic rings. The molecule has 0 bridgehead atoms. The van der Waals surface area contributed by atoms with Gasteiger partial charge in [-0.15, -0.1) is 0 Å². The third-order valence-electron chi connectivity index (χ3n) is 12.3. The van der Waals surface area contributed by atoms with Crippen molar-refractivity contribution in [3.05, 3.63) is 221 Å². The maximum atomic E-state index is 2.46. The van der Waals surface area contributed by atoms with Crippen molar-refractivity contribution >= 4 is 17.1 Å². The minimum Gasteiger partial charge on any atom is -0.310 e. The third kappa shape index (κ3) is 4.02. The van der Waals surface area contributed by atoms with Crippen LogP contribution in [0.2, 0.25) is 0 Å². The van der Waals surface area contributed by atoms with E-state index in [2.05, 4.69) is 207 Å². The summed E-state index contributed by atoms with van der Waals surface area (Å²) in [5.74, 6) is 0. The number of para-hydroxylation sites is 1. The van der Waals surface area contributed by atoms with Gasteiger partial charge in [0.1, 0.15) is 0 Å². The van der Waals surface area contributed by atoms with Crippen molar-refractivity contribution in [3.63, 3.8) is 0 Å². The van der Waals surface area contributed by atoms with Gasteiger partial charge >= 0.3 is 0 Å². The zero-order chi connectivity index (χ0) is 35.3. The van der Waals surface area contributed by atoms with E-state index >= 15 is 0 Å². The van der Waals surface area contributed by atoms with Gasteiger partial charge in [-0.1, -0.05) is 172 Å². The minimum absolute atomic E-state index is 0.158. The summed E-state index contributed by atoms with van der Waals surface area (Å²) >= 11 is 0. The summed E-state index contributed by atoms with van der Waals surface area (Å²) in [6.07, 6.45) is 0.